The molecule has 0 bridgehead atoms. The summed E-state index contributed by atoms with van der Waals surface area (Å²) < 4.78 is 7.80. The standard InChI is InChI=1S/C28H37N3O3/c1-17-15-26(34-6)23(28(33)29-17)11-12-25(32)27-20(4)31(24-10-8-7-9-22(24)27)19(3)21-13-14-30(5)18(2)16-21/h7-10,15,18-19,21H,11-14,16H2,1-6H3,(H,29,33)/t18-,19-,21-/m1/s1. The minimum absolute atomic E-state index is 0.0680. The fraction of sp³-hybridized carbons (Fsp3) is 0.500. The molecule has 1 aliphatic rings. The Morgan fingerprint density at radius 2 is 2.00 bits per heavy atom. The van der Waals surface area contributed by atoms with E-state index in [0.29, 0.717) is 35.7 Å². The van der Waals surface area contributed by atoms with Crippen LogP contribution >= 0.6 is 0 Å². The minimum atomic E-state index is -0.186. The van der Waals surface area contributed by atoms with Crippen LogP contribution in [0, 0.1) is 19.8 Å². The van der Waals surface area contributed by atoms with Crippen molar-refractivity contribution in [2.24, 2.45) is 5.92 Å². The maximum atomic E-state index is 13.6. The number of methoxy groups -OCH3 is 1. The summed E-state index contributed by atoms with van der Waals surface area (Å²) in [7, 11) is 3.76. The van der Waals surface area contributed by atoms with Gasteiger partial charge in [0.2, 0.25) is 0 Å². The molecule has 6 heteroatoms. The summed E-state index contributed by atoms with van der Waals surface area (Å²) in [5, 5.41) is 1.00. The lowest BCUT2D eigenvalue weighted by molar-refractivity contribution is 0.0982. The molecular weight excluding hydrogens is 426 g/mol. The second kappa shape index (κ2) is 9.79. The number of aryl methyl sites for hydroxylation is 1. The first-order valence-corrected chi connectivity index (χ1v) is 12.3. The molecule has 1 fully saturated rings. The molecule has 0 saturated carbocycles. The molecule has 1 N–H and O–H groups in total. The quantitative estimate of drug-likeness (QED) is 0.497. The molecule has 3 heterocycles. The highest BCUT2D eigenvalue weighted by Crippen LogP contribution is 2.37. The highest BCUT2D eigenvalue weighted by molar-refractivity contribution is 6.09. The zero-order valence-electron chi connectivity index (χ0n) is 21.3. The number of carbonyl (C=O) groups excluding carboxylic acids is 1. The van der Waals surface area contributed by atoms with Crippen LogP contribution in [0.1, 0.15) is 66.5 Å². The van der Waals surface area contributed by atoms with Gasteiger partial charge < -0.3 is 19.2 Å². The molecule has 2 aromatic heterocycles. The fourth-order valence-electron chi connectivity index (χ4n) is 5.71. The van der Waals surface area contributed by atoms with Crippen LogP contribution in [0.2, 0.25) is 0 Å². The number of rotatable bonds is 7. The molecule has 1 aliphatic heterocycles. The molecule has 3 atom stereocenters. The smallest absolute Gasteiger partial charge is 0.255 e. The van der Waals surface area contributed by atoms with Crippen molar-refractivity contribution in [2.75, 3.05) is 20.7 Å². The van der Waals surface area contributed by atoms with E-state index in [2.05, 4.69) is 54.4 Å². The number of H-pyrrole nitrogens is 1. The van der Waals surface area contributed by atoms with Gasteiger partial charge in [0, 0.05) is 46.4 Å². The Kier molecular flexibility index (Phi) is 6.99. The van der Waals surface area contributed by atoms with Crippen molar-refractivity contribution in [3.05, 3.63) is 63.2 Å². The van der Waals surface area contributed by atoms with E-state index in [-0.39, 0.29) is 17.8 Å². The van der Waals surface area contributed by atoms with Gasteiger partial charge in [0.15, 0.2) is 5.78 Å². The van der Waals surface area contributed by atoms with Crippen LogP contribution in [0.15, 0.2) is 35.1 Å². The molecule has 0 spiro atoms. The number of likely N-dealkylation sites (tertiary alicyclic amines) is 1. The van der Waals surface area contributed by atoms with E-state index in [0.717, 1.165) is 47.2 Å². The van der Waals surface area contributed by atoms with E-state index < -0.39 is 0 Å². The predicted octanol–water partition coefficient (Wildman–Crippen LogP) is 5.06. The molecule has 34 heavy (non-hydrogen) atoms. The molecule has 3 aromatic rings. The zero-order valence-corrected chi connectivity index (χ0v) is 21.3. The largest absolute Gasteiger partial charge is 0.496 e. The second-order valence-corrected chi connectivity index (χ2v) is 9.95. The van der Waals surface area contributed by atoms with Crippen LogP contribution in [-0.2, 0) is 6.42 Å². The van der Waals surface area contributed by atoms with Gasteiger partial charge >= 0.3 is 0 Å². The van der Waals surface area contributed by atoms with Gasteiger partial charge in [-0.1, -0.05) is 18.2 Å². The highest BCUT2D eigenvalue weighted by Gasteiger charge is 2.30. The Morgan fingerprint density at radius 1 is 1.26 bits per heavy atom. The maximum absolute atomic E-state index is 13.6. The first-order chi connectivity index (χ1) is 16.2. The molecule has 1 aromatic carbocycles. The van der Waals surface area contributed by atoms with Gasteiger partial charge in [0.1, 0.15) is 5.75 Å². The third kappa shape index (κ3) is 4.43. The second-order valence-electron chi connectivity index (χ2n) is 9.95. The van der Waals surface area contributed by atoms with E-state index >= 15 is 0 Å². The molecule has 1 saturated heterocycles. The molecule has 6 nitrogen and oxygen atoms in total. The third-order valence-electron chi connectivity index (χ3n) is 7.83. The van der Waals surface area contributed by atoms with Gasteiger partial charge in [-0.25, -0.2) is 0 Å². The maximum Gasteiger partial charge on any atom is 0.255 e. The number of hydrogen-bond donors (Lipinski definition) is 1. The summed E-state index contributed by atoms with van der Waals surface area (Å²) in [5.41, 5.74) is 4.01. The van der Waals surface area contributed by atoms with Crippen LogP contribution in [0.4, 0.5) is 0 Å². The Labute approximate surface area is 201 Å². The molecular formula is C28H37N3O3. The van der Waals surface area contributed by atoms with E-state index in [1.165, 1.54) is 0 Å². The third-order valence-corrected chi connectivity index (χ3v) is 7.83. The number of pyridine rings is 1. The Hall–Kier alpha value is -2.86. The van der Waals surface area contributed by atoms with Crippen molar-refractivity contribution in [2.45, 2.75) is 65.5 Å². The van der Waals surface area contributed by atoms with E-state index in [1.54, 1.807) is 7.11 Å². The summed E-state index contributed by atoms with van der Waals surface area (Å²) in [4.78, 5) is 31.3. The molecule has 0 aliphatic carbocycles. The lowest BCUT2D eigenvalue weighted by Crippen LogP contribution is -2.40. The molecule has 0 radical (unpaired) electrons. The first-order valence-electron chi connectivity index (χ1n) is 12.3. The average Bonchev–Trinajstić information content (AvgIpc) is 3.10. The van der Waals surface area contributed by atoms with Crippen molar-refractivity contribution in [1.82, 2.24) is 14.5 Å². The number of benzene rings is 1. The van der Waals surface area contributed by atoms with Crippen molar-refractivity contribution >= 4 is 16.7 Å². The number of para-hydroxylation sites is 1. The monoisotopic (exact) mass is 463 g/mol. The molecule has 4 rings (SSSR count). The Bertz CT molecular complexity index is 1260. The van der Waals surface area contributed by atoms with Crippen molar-refractivity contribution < 1.29 is 9.53 Å². The number of ether oxygens (including phenoxy) is 1. The molecule has 182 valence electrons. The normalized spacial score (nSPS) is 19.9. The van der Waals surface area contributed by atoms with Gasteiger partial charge in [-0.05, 0) is 78.6 Å². The lowest BCUT2D eigenvalue weighted by atomic mass is 9.86. The van der Waals surface area contributed by atoms with Crippen molar-refractivity contribution in [1.29, 1.82) is 0 Å². The summed E-state index contributed by atoms with van der Waals surface area (Å²) in [6, 6.07) is 10.9. The Balaban J connectivity index is 1.66. The number of nitrogens with one attached hydrogen (secondary N) is 1. The number of nitrogens with zero attached hydrogens (tertiary/aromatic N) is 2. The van der Waals surface area contributed by atoms with Gasteiger partial charge in [0.05, 0.1) is 12.7 Å². The number of ketones is 1. The summed E-state index contributed by atoms with van der Waals surface area (Å²) >= 11 is 0. The van der Waals surface area contributed by atoms with Crippen LogP contribution in [0.5, 0.6) is 5.75 Å². The van der Waals surface area contributed by atoms with Gasteiger partial charge in [0.25, 0.3) is 5.56 Å². The van der Waals surface area contributed by atoms with Crippen LogP contribution in [0.3, 0.4) is 0 Å². The number of piperidine rings is 1. The predicted molar refractivity (Wildman–Crippen MR) is 137 cm³/mol. The fourth-order valence-corrected chi connectivity index (χ4v) is 5.71. The van der Waals surface area contributed by atoms with E-state index in [1.807, 2.05) is 25.1 Å². The van der Waals surface area contributed by atoms with Crippen LogP contribution in [-0.4, -0.2) is 47.0 Å². The summed E-state index contributed by atoms with van der Waals surface area (Å²) in [5.74, 6) is 1.18. The highest BCUT2D eigenvalue weighted by atomic mass is 16.5. The molecule has 0 amide bonds. The SMILES string of the molecule is COc1cc(C)[nH]c(=O)c1CCC(=O)c1c(C)n([C@H](C)[C@@H]2CCN(C)[C@H](C)C2)c2ccccc12. The lowest BCUT2D eigenvalue weighted by Gasteiger charge is -2.38. The summed E-state index contributed by atoms with van der Waals surface area (Å²) in [6.45, 7) is 9.60. The summed E-state index contributed by atoms with van der Waals surface area (Å²) in [6.07, 6.45) is 2.92. The van der Waals surface area contributed by atoms with Crippen molar-refractivity contribution in [3.63, 3.8) is 0 Å². The number of Topliss-reactive ketones (excluding diaryl/α,β-unsaturated/α-hetero) is 1. The van der Waals surface area contributed by atoms with E-state index in [9.17, 15) is 9.59 Å². The van der Waals surface area contributed by atoms with Gasteiger partial charge in [-0.3, -0.25) is 9.59 Å². The van der Waals surface area contributed by atoms with E-state index in [4.69, 9.17) is 4.74 Å². The van der Waals surface area contributed by atoms with Crippen LogP contribution < -0.4 is 10.3 Å². The van der Waals surface area contributed by atoms with Gasteiger partial charge in [-0.15, -0.1) is 0 Å². The molecule has 0 unspecified atom stereocenters. The number of hydrogen-bond acceptors (Lipinski definition) is 4. The number of aromatic nitrogens is 2. The van der Waals surface area contributed by atoms with Crippen molar-refractivity contribution in [3.8, 4) is 5.75 Å². The first kappa shape index (κ1) is 24.3. The van der Waals surface area contributed by atoms with Gasteiger partial charge in [-0.2, -0.15) is 0 Å². The topological polar surface area (TPSA) is 67.3 Å². The number of aromatic amines is 1. The zero-order chi connectivity index (χ0) is 24.6. The minimum Gasteiger partial charge on any atom is -0.496 e. The Morgan fingerprint density at radius 3 is 2.71 bits per heavy atom. The average molecular weight is 464 g/mol. The number of fused-ring (bicyclic) bond motifs is 1. The van der Waals surface area contributed by atoms with Crippen LogP contribution in [0.25, 0.3) is 10.9 Å². The number of carbonyl (C=O) groups is 1.